The van der Waals surface area contributed by atoms with Crippen molar-refractivity contribution in [3.63, 3.8) is 0 Å². The molecule has 0 amide bonds. The summed E-state index contributed by atoms with van der Waals surface area (Å²) in [6, 6.07) is 6.00. The molecule has 1 spiro atoms. The van der Waals surface area contributed by atoms with Crippen LogP contribution in [0.5, 0.6) is 5.75 Å². The lowest BCUT2D eigenvalue weighted by atomic mass is 9.48. The topological polar surface area (TPSA) is 71.5 Å². The maximum atomic E-state index is 12.7. The number of likely N-dealkylation sites (N-methyl/N-ethyl adjacent to an activating group) is 1. The van der Waals surface area contributed by atoms with E-state index in [4.69, 9.17) is 14.2 Å². The molecule has 0 unspecified atom stereocenters. The van der Waals surface area contributed by atoms with Crippen LogP contribution in [-0.4, -0.2) is 80.2 Å². The van der Waals surface area contributed by atoms with Gasteiger partial charge in [-0.05, 0) is 31.0 Å². The van der Waals surface area contributed by atoms with Gasteiger partial charge in [0, 0.05) is 49.1 Å². The lowest BCUT2D eigenvalue weighted by Gasteiger charge is -2.64. The first kappa shape index (κ1) is 23.4. The monoisotopic (exact) mass is 468 g/mol. The molecule has 7 heteroatoms. The fraction of sp³-hybridized carbons (Fsp3) is 0.593. The Morgan fingerprint density at radius 1 is 1.35 bits per heavy atom. The van der Waals surface area contributed by atoms with Gasteiger partial charge in [-0.3, -0.25) is 9.69 Å². The third-order valence-electron chi connectivity index (χ3n) is 8.79. The van der Waals surface area contributed by atoms with Crippen molar-refractivity contribution in [3.05, 3.63) is 48.6 Å². The minimum Gasteiger partial charge on any atom is -0.497 e. The Bertz CT molecular complexity index is 1030. The first-order valence-corrected chi connectivity index (χ1v) is 12.2. The normalized spacial score (nSPS) is 37.7. The van der Waals surface area contributed by atoms with Crippen LogP contribution >= 0.6 is 0 Å². The van der Waals surface area contributed by atoms with Crippen LogP contribution in [0, 0.1) is 5.41 Å². The number of anilines is 1. The Kier molecular flexibility index (Phi) is 5.58. The van der Waals surface area contributed by atoms with Crippen LogP contribution in [0.2, 0.25) is 0 Å². The highest BCUT2D eigenvalue weighted by Gasteiger charge is 2.77. The van der Waals surface area contributed by atoms with Gasteiger partial charge in [-0.1, -0.05) is 31.2 Å². The number of hydrogen-bond acceptors (Lipinski definition) is 7. The number of methoxy groups -OCH3 is 1. The van der Waals surface area contributed by atoms with Gasteiger partial charge in [0.2, 0.25) is 0 Å². The van der Waals surface area contributed by atoms with E-state index in [-0.39, 0.29) is 24.1 Å². The smallest absolute Gasteiger partial charge is 0.303 e. The standard InChI is InChI=1S/C27H36N2O5/c1-6-15-33-17-27(31)23-26(20-10-9-19(32-5)16-21(20)28(23)4)12-14-29-13-8-11-25(7-2,22(26)29)24(27)34-18(3)30/h6,8-11,16,22-24,31H,1,7,12-15,17H2,2-5H3/t22-,23+,24+,25+,26+,27-/m0/s1. The molecule has 1 aliphatic carbocycles. The second-order valence-corrected chi connectivity index (χ2v) is 10.2. The Morgan fingerprint density at radius 3 is 2.82 bits per heavy atom. The number of fused-ring (bicyclic) bond motifs is 1. The number of nitrogens with zero attached hydrogens (tertiary/aromatic N) is 2. The van der Waals surface area contributed by atoms with Crippen LogP contribution in [0.4, 0.5) is 5.69 Å². The van der Waals surface area contributed by atoms with Crippen LogP contribution in [0.25, 0.3) is 0 Å². The van der Waals surface area contributed by atoms with Crippen molar-refractivity contribution in [1.82, 2.24) is 4.90 Å². The molecule has 1 aromatic rings. The Balaban J connectivity index is 1.79. The Hall–Kier alpha value is -2.35. The number of carbonyl (C=O) groups excluding carboxylic acids is 1. The van der Waals surface area contributed by atoms with Gasteiger partial charge in [0.15, 0.2) is 0 Å². The molecule has 3 aliphatic heterocycles. The van der Waals surface area contributed by atoms with Crippen LogP contribution in [-0.2, 0) is 19.7 Å². The fourth-order valence-electron chi connectivity index (χ4n) is 7.91. The van der Waals surface area contributed by atoms with Crippen LogP contribution in [0.1, 0.15) is 32.3 Å². The van der Waals surface area contributed by atoms with E-state index in [1.807, 2.05) is 13.1 Å². The van der Waals surface area contributed by atoms with Gasteiger partial charge in [-0.15, -0.1) is 6.58 Å². The van der Waals surface area contributed by atoms with Crippen LogP contribution in [0.3, 0.4) is 0 Å². The SMILES string of the molecule is C=CCOC[C@@]1(O)[C@H](OC(C)=O)[C@]2(CC)C=CCN3CC[C@@]4(c5ccc(OC)cc5N(C)[C@@H]14)[C@@H]32. The molecule has 0 bridgehead atoms. The van der Waals surface area contributed by atoms with Crippen molar-refractivity contribution < 1.29 is 24.1 Å². The summed E-state index contributed by atoms with van der Waals surface area (Å²) in [7, 11) is 3.70. The minimum atomic E-state index is -1.44. The zero-order valence-corrected chi connectivity index (χ0v) is 20.6. The van der Waals surface area contributed by atoms with E-state index in [1.54, 1.807) is 13.2 Å². The molecule has 0 radical (unpaired) electrons. The van der Waals surface area contributed by atoms with Crippen molar-refractivity contribution in [3.8, 4) is 5.75 Å². The van der Waals surface area contributed by atoms with Crippen molar-refractivity contribution in [2.75, 3.05) is 45.4 Å². The number of esters is 1. The third-order valence-corrected chi connectivity index (χ3v) is 8.79. The number of hydrogen-bond donors (Lipinski definition) is 1. The number of aliphatic hydroxyl groups is 1. The number of rotatable bonds is 7. The molecule has 4 aliphatic rings. The quantitative estimate of drug-likeness (QED) is 0.375. The number of ether oxygens (including phenoxy) is 3. The average molecular weight is 469 g/mol. The summed E-state index contributed by atoms with van der Waals surface area (Å²) in [6.07, 6.45) is 6.95. The van der Waals surface area contributed by atoms with Gasteiger partial charge in [0.25, 0.3) is 0 Å². The first-order chi connectivity index (χ1) is 16.3. The maximum Gasteiger partial charge on any atom is 0.303 e. The summed E-state index contributed by atoms with van der Waals surface area (Å²) in [4.78, 5) is 17.1. The molecule has 1 saturated heterocycles. The zero-order valence-electron chi connectivity index (χ0n) is 20.6. The molecule has 184 valence electrons. The molecule has 6 atom stereocenters. The lowest BCUT2D eigenvalue weighted by Crippen LogP contribution is -2.80. The van der Waals surface area contributed by atoms with Crippen molar-refractivity contribution >= 4 is 11.7 Å². The van der Waals surface area contributed by atoms with Crippen molar-refractivity contribution in [2.24, 2.45) is 5.41 Å². The summed E-state index contributed by atoms with van der Waals surface area (Å²) < 4.78 is 17.6. The number of carbonyl (C=O) groups is 1. The van der Waals surface area contributed by atoms with Crippen molar-refractivity contribution in [2.45, 2.75) is 55.9 Å². The zero-order chi connectivity index (χ0) is 24.3. The number of benzene rings is 1. The van der Waals surface area contributed by atoms with E-state index in [0.29, 0.717) is 6.61 Å². The van der Waals surface area contributed by atoms with E-state index >= 15 is 0 Å². The average Bonchev–Trinajstić information content (AvgIpc) is 3.33. The largest absolute Gasteiger partial charge is 0.497 e. The maximum absolute atomic E-state index is 12.7. The second-order valence-electron chi connectivity index (χ2n) is 10.2. The highest BCUT2D eigenvalue weighted by Crippen LogP contribution is 2.67. The second kappa shape index (κ2) is 8.11. The molecule has 7 nitrogen and oxygen atoms in total. The lowest BCUT2D eigenvalue weighted by molar-refractivity contribution is -0.232. The predicted molar refractivity (Wildman–Crippen MR) is 130 cm³/mol. The Labute approximate surface area is 202 Å². The molecule has 34 heavy (non-hydrogen) atoms. The molecule has 2 fully saturated rings. The molecular weight excluding hydrogens is 432 g/mol. The van der Waals surface area contributed by atoms with Crippen molar-refractivity contribution in [1.29, 1.82) is 0 Å². The summed E-state index contributed by atoms with van der Waals surface area (Å²) >= 11 is 0. The van der Waals surface area contributed by atoms with Gasteiger partial charge < -0.3 is 24.2 Å². The molecule has 1 saturated carbocycles. The van der Waals surface area contributed by atoms with Gasteiger partial charge in [-0.2, -0.15) is 0 Å². The molecule has 1 N–H and O–H groups in total. The van der Waals surface area contributed by atoms with E-state index in [0.717, 1.165) is 37.4 Å². The molecule has 1 aromatic carbocycles. The fourth-order valence-corrected chi connectivity index (χ4v) is 7.91. The van der Waals surface area contributed by atoms with Gasteiger partial charge in [0.05, 0.1) is 26.4 Å². The minimum absolute atomic E-state index is 0.0428. The molecule has 5 rings (SSSR count). The molecular formula is C27H36N2O5. The van der Waals surface area contributed by atoms with Gasteiger partial charge in [-0.25, -0.2) is 0 Å². The van der Waals surface area contributed by atoms with E-state index < -0.39 is 23.1 Å². The van der Waals surface area contributed by atoms with E-state index in [9.17, 15) is 9.90 Å². The Morgan fingerprint density at radius 2 is 2.15 bits per heavy atom. The van der Waals surface area contributed by atoms with E-state index in [1.165, 1.54) is 12.5 Å². The summed E-state index contributed by atoms with van der Waals surface area (Å²) in [5, 5.41) is 12.7. The van der Waals surface area contributed by atoms with Crippen LogP contribution in [0.15, 0.2) is 43.0 Å². The van der Waals surface area contributed by atoms with Crippen LogP contribution < -0.4 is 9.64 Å². The van der Waals surface area contributed by atoms with E-state index in [2.05, 4.69) is 47.6 Å². The summed E-state index contributed by atoms with van der Waals surface area (Å²) in [5.74, 6) is 0.389. The highest BCUT2D eigenvalue weighted by molar-refractivity contribution is 5.71. The summed E-state index contributed by atoms with van der Waals surface area (Å²) in [6.45, 7) is 9.45. The molecule has 0 aromatic heterocycles. The highest BCUT2D eigenvalue weighted by atomic mass is 16.6. The molecule has 3 heterocycles. The van der Waals surface area contributed by atoms with Gasteiger partial charge in [0.1, 0.15) is 17.5 Å². The first-order valence-electron chi connectivity index (χ1n) is 12.2. The summed E-state index contributed by atoms with van der Waals surface area (Å²) in [5.41, 5.74) is -0.0628. The predicted octanol–water partition coefficient (Wildman–Crippen LogP) is 2.67. The van der Waals surface area contributed by atoms with Gasteiger partial charge >= 0.3 is 5.97 Å². The third kappa shape index (κ3) is 2.84.